The summed E-state index contributed by atoms with van der Waals surface area (Å²) in [7, 11) is 1.61. The van der Waals surface area contributed by atoms with Gasteiger partial charge in [0.15, 0.2) is 16.7 Å². The van der Waals surface area contributed by atoms with Crippen LogP contribution in [0, 0.1) is 0 Å². The van der Waals surface area contributed by atoms with Crippen LogP contribution >= 0.6 is 23.2 Å². The number of benzene rings is 1. The summed E-state index contributed by atoms with van der Waals surface area (Å²) in [6.45, 7) is 6.56. The van der Waals surface area contributed by atoms with Crippen LogP contribution in [0.25, 0.3) is 10.9 Å². The molecule has 0 amide bonds. The molecule has 0 unspecified atom stereocenters. The summed E-state index contributed by atoms with van der Waals surface area (Å²) in [6.07, 6.45) is 0. The maximum absolute atomic E-state index is 11.2. The Morgan fingerprint density at radius 2 is 2.04 bits per heavy atom. The van der Waals surface area contributed by atoms with E-state index in [4.69, 9.17) is 23.2 Å². The van der Waals surface area contributed by atoms with E-state index in [1.165, 1.54) is 4.57 Å². The molecular weight excluding hydrogens is 377 g/mol. The molecule has 26 heavy (non-hydrogen) atoms. The second kappa shape index (κ2) is 6.48. The van der Waals surface area contributed by atoms with Crippen molar-refractivity contribution in [2.24, 2.45) is 7.05 Å². The number of aromatic carboxylic acids is 1. The van der Waals surface area contributed by atoms with E-state index < -0.39 is 5.97 Å². The van der Waals surface area contributed by atoms with Gasteiger partial charge in [-0.3, -0.25) is 5.10 Å². The smallest absolute Gasteiger partial charge is 0.355 e. The summed E-state index contributed by atoms with van der Waals surface area (Å²) in [5.74, 6) is 0.0117. The average molecular weight is 396 g/mol. The number of imidazole rings is 1. The lowest BCUT2D eigenvalue weighted by molar-refractivity contribution is 0.0686. The Hall–Kier alpha value is -2.25. The molecule has 9 heteroatoms. The highest BCUT2D eigenvalue weighted by molar-refractivity contribution is 6.32. The first-order valence-corrected chi connectivity index (χ1v) is 8.71. The monoisotopic (exact) mass is 395 g/mol. The summed E-state index contributed by atoms with van der Waals surface area (Å²) in [5.41, 5.74) is 1.68. The normalized spacial score (nSPS) is 11.9. The fourth-order valence-corrected chi connectivity index (χ4v) is 3.56. The van der Waals surface area contributed by atoms with E-state index in [2.05, 4.69) is 41.3 Å². The van der Waals surface area contributed by atoms with Gasteiger partial charge in [0.05, 0.1) is 12.1 Å². The Morgan fingerprint density at radius 1 is 1.35 bits per heavy atom. The van der Waals surface area contributed by atoms with Gasteiger partial charge in [-0.05, 0) is 23.1 Å². The van der Waals surface area contributed by atoms with Crippen molar-refractivity contribution >= 4 is 45.9 Å². The van der Waals surface area contributed by atoms with Crippen LogP contribution in [0.1, 0.15) is 42.6 Å². The number of hydrogen-bond donors (Lipinski definition) is 3. The molecule has 7 nitrogen and oxygen atoms in total. The van der Waals surface area contributed by atoms with Gasteiger partial charge < -0.3 is 15.0 Å². The number of hydrogen-bond acceptors (Lipinski definition) is 4. The quantitative estimate of drug-likeness (QED) is 0.614. The topological polar surface area (TPSA) is 95.8 Å². The lowest BCUT2D eigenvalue weighted by Gasteiger charge is -2.20. The van der Waals surface area contributed by atoms with E-state index in [1.54, 1.807) is 7.05 Å². The van der Waals surface area contributed by atoms with Gasteiger partial charge in [0, 0.05) is 17.5 Å². The third-order valence-electron chi connectivity index (χ3n) is 4.22. The molecule has 0 aliphatic heterocycles. The molecule has 2 heterocycles. The number of carboxylic acid groups (broad SMARTS) is 1. The zero-order valence-electron chi connectivity index (χ0n) is 14.8. The van der Waals surface area contributed by atoms with Crippen LogP contribution in [0.2, 0.25) is 10.2 Å². The maximum Gasteiger partial charge on any atom is 0.355 e. The van der Waals surface area contributed by atoms with Crippen molar-refractivity contribution in [2.45, 2.75) is 32.7 Å². The van der Waals surface area contributed by atoms with Gasteiger partial charge in [0.1, 0.15) is 5.82 Å². The van der Waals surface area contributed by atoms with Crippen LogP contribution in [-0.2, 0) is 19.0 Å². The lowest BCUT2D eigenvalue weighted by Crippen LogP contribution is -2.12. The van der Waals surface area contributed by atoms with E-state index in [1.807, 2.05) is 12.1 Å². The van der Waals surface area contributed by atoms with Crippen LogP contribution in [0.3, 0.4) is 0 Å². The van der Waals surface area contributed by atoms with Gasteiger partial charge >= 0.3 is 5.97 Å². The zero-order chi connectivity index (χ0) is 19.2. The molecule has 1 aromatic carbocycles. The molecule has 0 fully saturated rings. The van der Waals surface area contributed by atoms with Gasteiger partial charge in [-0.25, -0.2) is 9.78 Å². The number of H-pyrrole nitrogens is 1. The molecule has 0 saturated carbocycles. The van der Waals surface area contributed by atoms with Crippen LogP contribution in [0.15, 0.2) is 12.1 Å². The summed E-state index contributed by atoms with van der Waals surface area (Å²) in [4.78, 5) is 15.3. The van der Waals surface area contributed by atoms with Crippen molar-refractivity contribution in [1.82, 2.24) is 19.7 Å². The SMILES string of the molecule is Cn1c(CNc2n[nH]c3cc(Cl)c(C(C)(C)C)cc23)nc(Cl)c1C(=O)O. The largest absolute Gasteiger partial charge is 0.476 e. The van der Waals surface area contributed by atoms with Gasteiger partial charge in [-0.15, -0.1) is 0 Å². The Balaban J connectivity index is 1.93. The molecule has 2 aromatic heterocycles. The number of halogens is 2. The predicted octanol–water partition coefficient (Wildman–Crippen LogP) is 4.21. The average Bonchev–Trinajstić information content (AvgIpc) is 3.03. The summed E-state index contributed by atoms with van der Waals surface area (Å²) in [6, 6.07) is 3.87. The fourth-order valence-electron chi connectivity index (χ4n) is 2.81. The second-order valence-corrected chi connectivity index (χ2v) is 7.85. The molecule has 0 saturated heterocycles. The Kier molecular flexibility index (Phi) is 4.62. The second-order valence-electron chi connectivity index (χ2n) is 7.09. The number of carbonyl (C=O) groups is 1. The Labute approximate surface area is 160 Å². The number of rotatable bonds is 4. The predicted molar refractivity (Wildman–Crippen MR) is 102 cm³/mol. The number of fused-ring (bicyclic) bond motifs is 1. The number of aromatic amines is 1. The first kappa shape index (κ1) is 18.5. The molecule has 0 aliphatic rings. The lowest BCUT2D eigenvalue weighted by atomic mass is 9.86. The number of nitrogens with zero attached hydrogens (tertiary/aromatic N) is 3. The third kappa shape index (κ3) is 3.24. The molecule has 3 N–H and O–H groups in total. The zero-order valence-corrected chi connectivity index (χ0v) is 16.3. The molecule has 0 aliphatic carbocycles. The van der Waals surface area contributed by atoms with Crippen LogP contribution in [0.5, 0.6) is 0 Å². The van der Waals surface area contributed by atoms with Crippen molar-refractivity contribution in [3.8, 4) is 0 Å². The number of nitrogens with one attached hydrogen (secondary N) is 2. The van der Waals surface area contributed by atoms with Gasteiger partial charge in [0.25, 0.3) is 0 Å². The van der Waals surface area contributed by atoms with Crippen molar-refractivity contribution in [2.75, 3.05) is 5.32 Å². The summed E-state index contributed by atoms with van der Waals surface area (Å²) >= 11 is 12.3. The molecule has 0 spiro atoms. The molecular formula is C17H19Cl2N5O2. The molecule has 3 aromatic rings. The molecule has 138 valence electrons. The molecule has 3 rings (SSSR count). The highest BCUT2D eigenvalue weighted by atomic mass is 35.5. The van der Waals surface area contributed by atoms with E-state index >= 15 is 0 Å². The first-order chi connectivity index (χ1) is 12.1. The highest BCUT2D eigenvalue weighted by Gasteiger charge is 2.21. The Bertz CT molecular complexity index is 1000. The first-order valence-electron chi connectivity index (χ1n) is 7.96. The highest BCUT2D eigenvalue weighted by Crippen LogP contribution is 2.34. The third-order valence-corrected chi connectivity index (χ3v) is 4.80. The molecule has 0 bridgehead atoms. The maximum atomic E-state index is 11.2. The van der Waals surface area contributed by atoms with Crippen molar-refractivity contribution < 1.29 is 9.90 Å². The van der Waals surface area contributed by atoms with E-state index in [-0.39, 0.29) is 22.8 Å². The Morgan fingerprint density at radius 3 is 2.62 bits per heavy atom. The minimum atomic E-state index is -1.12. The fraction of sp³-hybridized carbons (Fsp3) is 0.353. The number of anilines is 1. The van der Waals surface area contributed by atoms with Gasteiger partial charge in [0.2, 0.25) is 0 Å². The van der Waals surface area contributed by atoms with Crippen molar-refractivity contribution in [3.05, 3.63) is 39.4 Å². The minimum Gasteiger partial charge on any atom is -0.476 e. The van der Waals surface area contributed by atoms with Crippen LogP contribution in [-0.4, -0.2) is 30.8 Å². The number of aromatic nitrogens is 4. The summed E-state index contributed by atoms with van der Waals surface area (Å²) in [5, 5.41) is 21.2. The van der Waals surface area contributed by atoms with Crippen LogP contribution < -0.4 is 5.32 Å². The van der Waals surface area contributed by atoms with Crippen LogP contribution in [0.4, 0.5) is 5.82 Å². The minimum absolute atomic E-state index is 0.0366. The number of carboxylic acids is 1. The van der Waals surface area contributed by atoms with Gasteiger partial charge in [-0.2, -0.15) is 5.10 Å². The van der Waals surface area contributed by atoms with Crippen molar-refractivity contribution in [3.63, 3.8) is 0 Å². The summed E-state index contributed by atoms with van der Waals surface area (Å²) < 4.78 is 1.45. The van der Waals surface area contributed by atoms with E-state index in [0.29, 0.717) is 16.7 Å². The van der Waals surface area contributed by atoms with E-state index in [9.17, 15) is 9.90 Å². The standard InChI is InChI=1S/C17H19Cl2N5O2/c1-17(2,3)9-5-8-11(6-10(9)18)22-23-15(8)20-7-12-21-14(19)13(16(25)26)24(12)4/h5-6H,7H2,1-4H3,(H,25,26)(H2,20,22,23). The van der Waals surface area contributed by atoms with E-state index in [0.717, 1.165) is 16.5 Å². The molecule has 0 atom stereocenters. The molecule has 0 radical (unpaired) electrons. The van der Waals surface area contributed by atoms with Gasteiger partial charge in [-0.1, -0.05) is 44.0 Å². The van der Waals surface area contributed by atoms with Crippen molar-refractivity contribution in [1.29, 1.82) is 0 Å².